The minimum Gasteiger partial charge on any atom is -0.409 e. The first-order valence-corrected chi connectivity index (χ1v) is 9.65. The quantitative estimate of drug-likeness (QED) is 0.295. The van der Waals surface area contributed by atoms with Crippen molar-refractivity contribution in [3.05, 3.63) is 23.5 Å². The van der Waals surface area contributed by atoms with E-state index in [1.54, 1.807) is 13.8 Å². The van der Waals surface area contributed by atoms with E-state index in [2.05, 4.69) is 27.4 Å². The second-order valence-electron chi connectivity index (χ2n) is 6.41. The fourth-order valence-electron chi connectivity index (χ4n) is 3.10. The first kappa shape index (κ1) is 19.5. The summed E-state index contributed by atoms with van der Waals surface area (Å²) in [5.41, 5.74) is 3.18. The maximum atomic E-state index is 12.3. The van der Waals surface area contributed by atoms with Gasteiger partial charge >= 0.3 is 7.82 Å². The van der Waals surface area contributed by atoms with Gasteiger partial charge in [-0.3, -0.25) is 9.05 Å². The summed E-state index contributed by atoms with van der Waals surface area (Å²) in [5, 5.41) is 0. The van der Waals surface area contributed by atoms with Crippen molar-refractivity contribution < 1.29 is 18.1 Å². The molecule has 22 heavy (non-hydrogen) atoms. The topological polar surface area (TPSA) is 44.8 Å². The Morgan fingerprint density at radius 3 is 2.36 bits per heavy atom. The lowest BCUT2D eigenvalue weighted by atomic mass is 9.71. The molecule has 5 heteroatoms. The van der Waals surface area contributed by atoms with Gasteiger partial charge in [0.2, 0.25) is 0 Å². The van der Waals surface area contributed by atoms with Crippen LogP contribution in [0.2, 0.25) is 0 Å². The molecule has 0 saturated heterocycles. The second kappa shape index (κ2) is 8.33. The maximum absolute atomic E-state index is 12.3. The van der Waals surface area contributed by atoms with Gasteiger partial charge in [-0.15, -0.1) is 0 Å². The standard InChI is InChI=1S/C17H31O4P/c1-7-19-22(18,20-8-2)21-15(4)11-12-16-14(3)10-9-13-17(16,5)6/h4,7-13H2,1-3,5-6H3. The fourth-order valence-corrected chi connectivity index (χ4v) is 4.32. The summed E-state index contributed by atoms with van der Waals surface area (Å²) >= 11 is 0. The van der Waals surface area contributed by atoms with Gasteiger partial charge in [0, 0.05) is 6.42 Å². The molecule has 0 amide bonds. The van der Waals surface area contributed by atoms with Crippen LogP contribution in [0.3, 0.4) is 0 Å². The van der Waals surface area contributed by atoms with Gasteiger partial charge in [0.05, 0.1) is 13.2 Å². The molecule has 0 aromatic heterocycles. The Morgan fingerprint density at radius 2 is 1.86 bits per heavy atom. The Bertz CT molecular complexity index is 455. The van der Waals surface area contributed by atoms with E-state index >= 15 is 0 Å². The number of phosphoric ester groups is 1. The molecule has 0 saturated carbocycles. The van der Waals surface area contributed by atoms with Gasteiger partial charge in [-0.2, -0.15) is 0 Å². The average molecular weight is 330 g/mol. The van der Waals surface area contributed by atoms with Crippen LogP contribution in [0.1, 0.15) is 66.7 Å². The third kappa shape index (κ3) is 5.57. The third-order valence-corrected chi connectivity index (χ3v) is 5.79. The molecule has 0 radical (unpaired) electrons. The van der Waals surface area contributed by atoms with E-state index in [0.29, 0.717) is 12.2 Å². The summed E-state index contributed by atoms with van der Waals surface area (Å²) in [6, 6.07) is 0. The minimum atomic E-state index is -3.51. The highest BCUT2D eigenvalue weighted by Gasteiger charge is 2.30. The van der Waals surface area contributed by atoms with Crippen molar-refractivity contribution in [1.82, 2.24) is 0 Å². The van der Waals surface area contributed by atoms with Crippen LogP contribution in [0.5, 0.6) is 0 Å². The van der Waals surface area contributed by atoms with E-state index in [-0.39, 0.29) is 18.6 Å². The molecule has 1 aliphatic carbocycles. The Balaban J connectivity index is 2.64. The number of phosphoric acid groups is 1. The lowest BCUT2D eigenvalue weighted by Crippen LogP contribution is -2.20. The van der Waals surface area contributed by atoms with Gasteiger partial charge in [0.1, 0.15) is 5.76 Å². The van der Waals surface area contributed by atoms with Crippen LogP contribution in [0, 0.1) is 5.41 Å². The van der Waals surface area contributed by atoms with Crippen molar-refractivity contribution in [1.29, 1.82) is 0 Å². The fraction of sp³-hybridized carbons (Fsp3) is 0.765. The summed E-state index contributed by atoms with van der Waals surface area (Å²) in [4.78, 5) is 0. The lowest BCUT2D eigenvalue weighted by molar-refractivity contribution is 0.143. The van der Waals surface area contributed by atoms with E-state index < -0.39 is 7.82 Å². The van der Waals surface area contributed by atoms with Crippen molar-refractivity contribution in [2.75, 3.05) is 13.2 Å². The van der Waals surface area contributed by atoms with Gasteiger partial charge in [0.15, 0.2) is 0 Å². The smallest absolute Gasteiger partial charge is 0.409 e. The summed E-state index contributed by atoms with van der Waals surface area (Å²) in [5.74, 6) is 0.465. The molecule has 1 rings (SSSR count). The van der Waals surface area contributed by atoms with Crippen LogP contribution in [-0.2, 0) is 18.1 Å². The number of allylic oxidation sites excluding steroid dienone is 3. The van der Waals surface area contributed by atoms with Crippen LogP contribution in [-0.4, -0.2) is 13.2 Å². The monoisotopic (exact) mass is 330 g/mol. The molecule has 0 heterocycles. The van der Waals surface area contributed by atoms with Gasteiger partial charge in [0.25, 0.3) is 0 Å². The van der Waals surface area contributed by atoms with E-state index in [0.717, 1.165) is 6.42 Å². The third-order valence-electron chi connectivity index (χ3n) is 4.15. The van der Waals surface area contributed by atoms with Crippen molar-refractivity contribution in [2.24, 2.45) is 5.41 Å². The largest absolute Gasteiger partial charge is 0.529 e. The molecular weight excluding hydrogens is 299 g/mol. The van der Waals surface area contributed by atoms with Gasteiger partial charge in [-0.25, -0.2) is 4.57 Å². The van der Waals surface area contributed by atoms with Crippen molar-refractivity contribution >= 4 is 7.82 Å². The van der Waals surface area contributed by atoms with Crippen LogP contribution in [0.4, 0.5) is 0 Å². The predicted octanol–water partition coefficient (Wildman–Crippen LogP) is 6.00. The first-order chi connectivity index (χ1) is 10.2. The molecule has 0 unspecified atom stereocenters. The highest BCUT2D eigenvalue weighted by Crippen LogP contribution is 2.52. The average Bonchev–Trinajstić information content (AvgIpc) is 2.37. The summed E-state index contributed by atoms with van der Waals surface area (Å²) in [7, 11) is -3.51. The van der Waals surface area contributed by atoms with E-state index in [9.17, 15) is 4.57 Å². The molecule has 1 aliphatic rings. The van der Waals surface area contributed by atoms with Gasteiger partial charge < -0.3 is 4.52 Å². The van der Waals surface area contributed by atoms with Crippen LogP contribution >= 0.6 is 7.82 Å². The summed E-state index contributed by atoms with van der Waals surface area (Å²) < 4.78 is 28.0. The van der Waals surface area contributed by atoms with Gasteiger partial charge in [-0.05, 0) is 51.9 Å². The minimum absolute atomic E-state index is 0.228. The molecule has 0 fully saturated rings. The summed E-state index contributed by atoms with van der Waals surface area (Å²) in [6.45, 7) is 14.8. The maximum Gasteiger partial charge on any atom is 0.529 e. The van der Waals surface area contributed by atoms with E-state index in [1.807, 2.05) is 0 Å². The van der Waals surface area contributed by atoms with Crippen molar-refractivity contribution in [3.8, 4) is 0 Å². The number of hydrogen-bond acceptors (Lipinski definition) is 4. The molecule has 0 aromatic carbocycles. The lowest BCUT2D eigenvalue weighted by Gasteiger charge is -2.35. The molecule has 0 aromatic rings. The molecule has 0 bridgehead atoms. The molecular formula is C17H31O4P. The SMILES string of the molecule is C=C(CCC1=C(C)CCCC1(C)C)OP(=O)(OCC)OCC. The Labute approximate surface area is 135 Å². The zero-order valence-electron chi connectivity index (χ0n) is 14.7. The van der Waals surface area contributed by atoms with Crippen LogP contribution in [0.25, 0.3) is 0 Å². The van der Waals surface area contributed by atoms with E-state index in [4.69, 9.17) is 13.6 Å². The normalized spacial score (nSPS) is 18.4. The first-order valence-electron chi connectivity index (χ1n) is 8.19. The van der Waals surface area contributed by atoms with Gasteiger partial charge in [-0.1, -0.05) is 31.6 Å². The molecule has 0 aliphatic heterocycles. The zero-order valence-corrected chi connectivity index (χ0v) is 15.6. The highest BCUT2D eigenvalue weighted by molar-refractivity contribution is 7.48. The molecule has 128 valence electrons. The van der Waals surface area contributed by atoms with Crippen molar-refractivity contribution in [3.63, 3.8) is 0 Å². The predicted molar refractivity (Wildman–Crippen MR) is 90.6 cm³/mol. The highest BCUT2D eigenvalue weighted by atomic mass is 31.2. The van der Waals surface area contributed by atoms with Crippen LogP contribution in [0.15, 0.2) is 23.5 Å². The number of hydrogen-bond donors (Lipinski definition) is 0. The van der Waals surface area contributed by atoms with Crippen molar-refractivity contribution in [2.45, 2.75) is 66.7 Å². The second-order valence-corrected chi connectivity index (χ2v) is 8.00. The Morgan fingerprint density at radius 1 is 1.27 bits per heavy atom. The number of rotatable bonds is 9. The van der Waals surface area contributed by atoms with Crippen LogP contribution < -0.4 is 0 Å². The molecule has 0 atom stereocenters. The molecule has 4 nitrogen and oxygen atoms in total. The zero-order chi connectivity index (χ0) is 16.8. The Kier molecular flexibility index (Phi) is 7.37. The summed E-state index contributed by atoms with van der Waals surface area (Å²) in [6.07, 6.45) is 5.16. The molecule has 0 spiro atoms. The van der Waals surface area contributed by atoms with E-state index in [1.165, 1.54) is 30.4 Å². The molecule has 0 N–H and O–H groups in total. The Hall–Kier alpha value is -0.570.